The molecule has 0 saturated carbocycles. The molecule has 0 N–H and O–H groups in total. The zero-order valence-electron chi connectivity index (χ0n) is 24.3. The van der Waals surface area contributed by atoms with Crippen LogP contribution in [-0.2, 0) is 4.79 Å². The van der Waals surface area contributed by atoms with Crippen molar-refractivity contribution in [3.8, 4) is 28.5 Å². The lowest BCUT2D eigenvalue weighted by molar-refractivity contribution is -0.131. The van der Waals surface area contributed by atoms with E-state index in [9.17, 15) is 9.59 Å². The molecule has 0 spiro atoms. The van der Waals surface area contributed by atoms with E-state index < -0.39 is 0 Å². The van der Waals surface area contributed by atoms with Gasteiger partial charge in [-0.15, -0.1) is 10.2 Å². The van der Waals surface area contributed by atoms with E-state index in [2.05, 4.69) is 22.0 Å². The van der Waals surface area contributed by atoms with Crippen molar-refractivity contribution in [2.45, 2.75) is 26.2 Å². The van der Waals surface area contributed by atoms with Crippen LogP contribution in [0, 0.1) is 0 Å². The number of amides is 2. The predicted octanol–water partition coefficient (Wildman–Crippen LogP) is 4.15. The SMILES string of the molecule is CCCCN(CC(=O)N1CCCN(c2ccc(-c3ccc(OC)c(OC)c3)nn2)CC1)C(=O)c1ccc(OC)cc1. The summed E-state index contributed by atoms with van der Waals surface area (Å²) in [6.07, 6.45) is 2.57. The number of unbranched alkanes of at least 4 members (excludes halogenated alkanes) is 1. The molecular formula is C31H39N5O5. The minimum absolute atomic E-state index is 0.0419. The summed E-state index contributed by atoms with van der Waals surface area (Å²) in [5.41, 5.74) is 2.16. The van der Waals surface area contributed by atoms with E-state index in [0.717, 1.165) is 42.9 Å². The predicted molar refractivity (Wildman–Crippen MR) is 158 cm³/mol. The first-order chi connectivity index (χ1) is 20.0. The fourth-order valence-electron chi connectivity index (χ4n) is 4.82. The quantitative estimate of drug-likeness (QED) is 0.345. The lowest BCUT2D eigenvalue weighted by atomic mass is 10.1. The summed E-state index contributed by atoms with van der Waals surface area (Å²) in [5, 5.41) is 8.92. The molecule has 10 heteroatoms. The molecule has 2 amide bonds. The molecule has 1 aliphatic rings. The van der Waals surface area contributed by atoms with Crippen molar-refractivity contribution in [1.29, 1.82) is 0 Å². The number of carbonyl (C=O) groups excluding carboxylic acids is 2. The van der Waals surface area contributed by atoms with E-state index >= 15 is 0 Å². The number of methoxy groups -OCH3 is 3. The largest absolute Gasteiger partial charge is 0.497 e. The van der Waals surface area contributed by atoms with Gasteiger partial charge in [-0.05, 0) is 67.4 Å². The summed E-state index contributed by atoms with van der Waals surface area (Å²) in [6.45, 7) is 5.25. The topological polar surface area (TPSA) is 97.3 Å². The van der Waals surface area contributed by atoms with Gasteiger partial charge in [0.2, 0.25) is 5.91 Å². The highest BCUT2D eigenvalue weighted by Gasteiger charge is 2.24. The fraction of sp³-hybridized carbons (Fsp3) is 0.419. The fourth-order valence-corrected chi connectivity index (χ4v) is 4.82. The van der Waals surface area contributed by atoms with Crippen LogP contribution < -0.4 is 19.1 Å². The number of carbonyl (C=O) groups is 2. The lowest BCUT2D eigenvalue weighted by Crippen LogP contribution is -2.44. The Morgan fingerprint density at radius 1 is 0.854 bits per heavy atom. The normalized spacial score (nSPS) is 13.4. The van der Waals surface area contributed by atoms with Gasteiger partial charge in [0.15, 0.2) is 17.3 Å². The molecule has 41 heavy (non-hydrogen) atoms. The maximum atomic E-state index is 13.3. The number of rotatable bonds is 11. The number of aromatic nitrogens is 2. The monoisotopic (exact) mass is 561 g/mol. The molecule has 2 heterocycles. The number of benzene rings is 2. The Morgan fingerprint density at radius 2 is 1.63 bits per heavy atom. The molecule has 0 radical (unpaired) electrons. The van der Waals surface area contributed by atoms with Crippen molar-refractivity contribution in [2.75, 3.05) is 65.5 Å². The molecule has 0 unspecified atom stereocenters. The van der Waals surface area contributed by atoms with Crippen molar-refractivity contribution in [1.82, 2.24) is 20.0 Å². The van der Waals surface area contributed by atoms with Gasteiger partial charge < -0.3 is 28.9 Å². The van der Waals surface area contributed by atoms with Gasteiger partial charge in [-0.3, -0.25) is 9.59 Å². The third-order valence-electron chi connectivity index (χ3n) is 7.23. The van der Waals surface area contributed by atoms with Crippen LogP contribution in [0.15, 0.2) is 54.6 Å². The first-order valence-electron chi connectivity index (χ1n) is 14.0. The van der Waals surface area contributed by atoms with E-state index in [0.29, 0.717) is 49.0 Å². The van der Waals surface area contributed by atoms with Crippen molar-refractivity contribution in [3.63, 3.8) is 0 Å². The Morgan fingerprint density at radius 3 is 2.29 bits per heavy atom. The first kappa shape index (κ1) is 29.6. The average Bonchev–Trinajstić information content (AvgIpc) is 3.29. The van der Waals surface area contributed by atoms with Crippen LogP contribution in [0.1, 0.15) is 36.5 Å². The highest BCUT2D eigenvalue weighted by atomic mass is 16.5. The molecule has 0 aliphatic carbocycles. The van der Waals surface area contributed by atoms with E-state index in [1.165, 1.54) is 0 Å². The van der Waals surface area contributed by atoms with Crippen molar-refractivity contribution < 1.29 is 23.8 Å². The van der Waals surface area contributed by atoms with Crippen molar-refractivity contribution >= 4 is 17.6 Å². The Balaban J connectivity index is 1.38. The highest BCUT2D eigenvalue weighted by Crippen LogP contribution is 2.31. The molecule has 1 fully saturated rings. The van der Waals surface area contributed by atoms with E-state index in [1.807, 2.05) is 35.2 Å². The summed E-state index contributed by atoms with van der Waals surface area (Å²) in [6, 6.07) is 16.5. The molecule has 218 valence electrons. The maximum absolute atomic E-state index is 13.3. The van der Waals surface area contributed by atoms with E-state index in [-0.39, 0.29) is 18.4 Å². The number of anilines is 1. The smallest absolute Gasteiger partial charge is 0.254 e. The zero-order valence-corrected chi connectivity index (χ0v) is 24.3. The van der Waals surface area contributed by atoms with Gasteiger partial charge in [-0.2, -0.15) is 0 Å². The average molecular weight is 562 g/mol. The molecule has 2 aromatic carbocycles. The van der Waals surface area contributed by atoms with Gasteiger partial charge in [0.25, 0.3) is 5.91 Å². The molecule has 3 aromatic rings. The van der Waals surface area contributed by atoms with Crippen LogP contribution in [0.2, 0.25) is 0 Å². The number of nitrogens with zero attached hydrogens (tertiary/aromatic N) is 5. The molecule has 1 saturated heterocycles. The van der Waals surface area contributed by atoms with Gasteiger partial charge in [0.05, 0.1) is 27.0 Å². The van der Waals surface area contributed by atoms with Crippen LogP contribution in [-0.4, -0.2) is 92.4 Å². The van der Waals surface area contributed by atoms with Crippen LogP contribution in [0.25, 0.3) is 11.3 Å². The molecular weight excluding hydrogens is 522 g/mol. The maximum Gasteiger partial charge on any atom is 0.254 e. The third kappa shape index (κ3) is 7.45. The first-order valence-corrected chi connectivity index (χ1v) is 14.0. The molecule has 1 aliphatic heterocycles. The standard InChI is InChI=1S/C31H39N5O5/c1-5-6-16-36(31(38)23-8-11-25(39-2)12-9-23)22-30(37)35-18-7-17-34(19-20-35)29-15-13-26(32-33-29)24-10-14-27(40-3)28(21-24)41-4/h8-15,21H,5-7,16-20,22H2,1-4H3. The van der Waals surface area contributed by atoms with Crippen LogP contribution in [0.4, 0.5) is 5.82 Å². The van der Waals surface area contributed by atoms with Crippen molar-refractivity contribution in [3.05, 3.63) is 60.2 Å². The van der Waals surface area contributed by atoms with Crippen LogP contribution in [0.5, 0.6) is 17.2 Å². The number of ether oxygens (including phenoxy) is 3. The highest BCUT2D eigenvalue weighted by molar-refractivity contribution is 5.96. The van der Waals surface area contributed by atoms with Crippen LogP contribution in [0.3, 0.4) is 0 Å². The van der Waals surface area contributed by atoms with Gasteiger partial charge in [-0.25, -0.2) is 0 Å². The second-order valence-corrected chi connectivity index (χ2v) is 9.88. The minimum atomic E-state index is -0.143. The lowest BCUT2D eigenvalue weighted by Gasteiger charge is -2.27. The summed E-state index contributed by atoms with van der Waals surface area (Å²) in [7, 11) is 4.80. The Kier molecular flexibility index (Phi) is 10.4. The minimum Gasteiger partial charge on any atom is -0.497 e. The Labute approximate surface area is 241 Å². The number of hydrogen-bond acceptors (Lipinski definition) is 8. The van der Waals surface area contributed by atoms with E-state index in [1.54, 1.807) is 50.5 Å². The summed E-state index contributed by atoms with van der Waals surface area (Å²) in [5.74, 6) is 2.56. The third-order valence-corrected chi connectivity index (χ3v) is 7.23. The van der Waals surface area contributed by atoms with Gasteiger partial charge >= 0.3 is 0 Å². The second-order valence-electron chi connectivity index (χ2n) is 9.88. The zero-order chi connectivity index (χ0) is 29.2. The molecule has 1 aromatic heterocycles. The Bertz CT molecular complexity index is 1300. The molecule has 4 rings (SSSR count). The summed E-state index contributed by atoms with van der Waals surface area (Å²) >= 11 is 0. The van der Waals surface area contributed by atoms with Crippen molar-refractivity contribution in [2.24, 2.45) is 0 Å². The summed E-state index contributed by atoms with van der Waals surface area (Å²) in [4.78, 5) is 32.3. The molecule has 0 atom stereocenters. The molecule has 10 nitrogen and oxygen atoms in total. The Hall–Kier alpha value is -4.34. The molecule has 0 bridgehead atoms. The number of hydrogen-bond donors (Lipinski definition) is 0. The van der Waals surface area contributed by atoms with Gasteiger partial charge in [0, 0.05) is 43.9 Å². The second kappa shape index (κ2) is 14.3. The van der Waals surface area contributed by atoms with E-state index in [4.69, 9.17) is 14.2 Å². The van der Waals surface area contributed by atoms with Gasteiger partial charge in [-0.1, -0.05) is 13.3 Å². The summed E-state index contributed by atoms with van der Waals surface area (Å²) < 4.78 is 15.9. The van der Waals surface area contributed by atoms with Crippen LogP contribution >= 0.6 is 0 Å². The van der Waals surface area contributed by atoms with Gasteiger partial charge in [0.1, 0.15) is 12.3 Å².